The van der Waals surface area contributed by atoms with Crippen molar-refractivity contribution in [2.45, 2.75) is 38.1 Å². The topological polar surface area (TPSA) is 117 Å². The Bertz CT molecular complexity index is 1230. The van der Waals surface area contributed by atoms with Crippen molar-refractivity contribution in [1.82, 2.24) is 15.2 Å². The van der Waals surface area contributed by atoms with Gasteiger partial charge in [0.05, 0.1) is 10.9 Å². The standard InChI is InChI=1S/C22H22FN5O3S/c1-11-9-12(2)18(24-14(4)29)17(10-11)19-21(31)26-22(28-27-19)32-13(3)20(30)25-16-7-5-15(23)6-8-16/h5-10,13H,1-4H3,(H,24,29)(H,25,30)(H,26,28,31)/t13-/m1/s1. The second-order valence-electron chi connectivity index (χ2n) is 7.25. The number of amides is 2. The molecular formula is C22H22FN5O3S. The zero-order chi connectivity index (χ0) is 23.4. The van der Waals surface area contributed by atoms with Gasteiger partial charge < -0.3 is 10.6 Å². The molecule has 1 aromatic heterocycles. The monoisotopic (exact) mass is 455 g/mol. The minimum absolute atomic E-state index is 0.0633. The van der Waals surface area contributed by atoms with Crippen molar-refractivity contribution in [3.05, 3.63) is 63.7 Å². The number of thioether (sulfide) groups is 1. The number of carbonyl (C=O) groups is 2. The molecule has 3 N–H and O–H groups in total. The van der Waals surface area contributed by atoms with Gasteiger partial charge in [0.15, 0.2) is 10.9 Å². The Kier molecular flexibility index (Phi) is 7.04. The lowest BCUT2D eigenvalue weighted by atomic mass is 10.0. The van der Waals surface area contributed by atoms with Crippen LogP contribution in [0.4, 0.5) is 15.8 Å². The molecule has 0 saturated heterocycles. The second-order valence-corrected chi connectivity index (χ2v) is 8.58. The minimum Gasteiger partial charge on any atom is -0.325 e. The van der Waals surface area contributed by atoms with Gasteiger partial charge in [0, 0.05) is 18.2 Å². The average Bonchev–Trinajstić information content (AvgIpc) is 2.71. The van der Waals surface area contributed by atoms with Crippen molar-refractivity contribution in [1.29, 1.82) is 0 Å². The Labute approximate surface area is 188 Å². The molecule has 2 aromatic carbocycles. The van der Waals surface area contributed by atoms with E-state index in [4.69, 9.17) is 0 Å². The summed E-state index contributed by atoms with van der Waals surface area (Å²) in [5.41, 5.74) is 2.68. The third kappa shape index (κ3) is 5.58. The molecular weight excluding hydrogens is 433 g/mol. The van der Waals surface area contributed by atoms with E-state index in [1.807, 2.05) is 19.9 Å². The molecule has 8 nitrogen and oxygen atoms in total. The van der Waals surface area contributed by atoms with Gasteiger partial charge in [-0.2, -0.15) is 0 Å². The van der Waals surface area contributed by atoms with Gasteiger partial charge in [-0.1, -0.05) is 23.4 Å². The lowest BCUT2D eigenvalue weighted by Crippen LogP contribution is -2.23. The summed E-state index contributed by atoms with van der Waals surface area (Å²) in [6.45, 7) is 6.74. The quantitative estimate of drug-likeness (QED) is 0.489. The Morgan fingerprint density at radius 1 is 1.09 bits per heavy atom. The van der Waals surface area contributed by atoms with E-state index in [9.17, 15) is 18.8 Å². The zero-order valence-electron chi connectivity index (χ0n) is 17.9. The molecule has 32 heavy (non-hydrogen) atoms. The molecule has 0 fully saturated rings. The number of aryl methyl sites for hydroxylation is 2. The molecule has 2 amide bonds. The highest BCUT2D eigenvalue weighted by atomic mass is 32.2. The molecule has 1 atom stereocenters. The predicted octanol–water partition coefficient (Wildman–Crippen LogP) is 3.67. The minimum atomic E-state index is -0.605. The first kappa shape index (κ1) is 23.1. The van der Waals surface area contributed by atoms with E-state index >= 15 is 0 Å². The molecule has 0 aliphatic rings. The summed E-state index contributed by atoms with van der Waals surface area (Å²) in [5.74, 6) is -1.00. The first-order chi connectivity index (χ1) is 15.1. The average molecular weight is 456 g/mol. The van der Waals surface area contributed by atoms with E-state index in [0.29, 0.717) is 16.9 Å². The van der Waals surface area contributed by atoms with Crippen LogP contribution in [0.25, 0.3) is 11.3 Å². The lowest BCUT2D eigenvalue weighted by Gasteiger charge is -2.14. The van der Waals surface area contributed by atoms with Crippen LogP contribution >= 0.6 is 11.8 Å². The van der Waals surface area contributed by atoms with Gasteiger partial charge in [0.1, 0.15) is 5.82 Å². The van der Waals surface area contributed by atoms with Crippen molar-refractivity contribution >= 4 is 35.0 Å². The summed E-state index contributed by atoms with van der Waals surface area (Å²) in [7, 11) is 0. The van der Waals surface area contributed by atoms with Crippen LogP contribution in [-0.4, -0.2) is 32.2 Å². The third-order valence-electron chi connectivity index (χ3n) is 4.48. The fourth-order valence-electron chi connectivity index (χ4n) is 3.05. The number of hydrogen-bond acceptors (Lipinski definition) is 6. The van der Waals surface area contributed by atoms with Crippen molar-refractivity contribution < 1.29 is 14.0 Å². The highest BCUT2D eigenvalue weighted by molar-refractivity contribution is 8.00. The van der Waals surface area contributed by atoms with Gasteiger partial charge in [-0.25, -0.2) is 4.39 Å². The van der Waals surface area contributed by atoms with E-state index in [-0.39, 0.29) is 22.7 Å². The molecule has 3 rings (SSSR count). The molecule has 10 heteroatoms. The van der Waals surface area contributed by atoms with Crippen molar-refractivity contribution in [3.63, 3.8) is 0 Å². The number of hydrogen-bond donors (Lipinski definition) is 3. The Hall–Kier alpha value is -3.53. The second kappa shape index (κ2) is 9.73. The highest BCUT2D eigenvalue weighted by Crippen LogP contribution is 2.30. The van der Waals surface area contributed by atoms with Gasteiger partial charge in [-0.05, 0) is 56.7 Å². The molecule has 166 valence electrons. The molecule has 0 spiro atoms. The van der Waals surface area contributed by atoms with Crippen LogP contribution in [0.5, 0.6) is 0 Å². The third-order valence-corrected chi connectivity index (χ3v) is 5.46. The number of nitrogens with one attached hydrogen (secondary N) is 3. The molecule has 0 saturated carbocycles. The van der Waals surface area contributed by atoms with Crippen molar-refractivity contribution in [2.75, 3.05) is 10.6 Å². The van der Waals surface area contributed by atoms with Gasteiger partial charge in [-0.15, -0.1) is 10.2 Å². The summed E-state index contributed by atoms with van der Waals surface area (Å²) in [4.78, 5) is 39.4. The number of halogens is 1. The van der Waals surface area contributed by atoms with E-state index in [1.165, 1.54) is 31.2 Å². The Morgan fingerprint density at radius 2 is 1.78 bits per heavy atom. The molecule has 3 aromatic rings. The van der Waals surface area contributed by atoms with Crippen LogP contribution in [0.15, 0.2) is 46.3 Å². The number of aromatic nitrogens is 3. The van der Waals surface area contributed by atoms with Gasteiger partial charge in [0.25, 0.3) is 5.56 Å². The van der Waals surface area contributed by atoms with Crippen LogP contribution in [0.1, 0.15) is 25.0 Å². The number of anilines is 2. The van der Waals surface area contributed by atoms with E-state index in [2.05, 4.69) is 25.8 Å². The molecule has 0 aliphatic heterocycles. The number of benzene rings is 2. The zero-order valence-corrected chi connectivity index (χ0v) is 18.8. The SMILES string of the molecule is CC(=O)Nc1c(C)cc(C)cc1-c1nnc(S[C@H](C)C(=O)Nc2ccc(F)cc2)[nH]c1=O. The molecule has 0 bridgehead atoms. The molecule has 0 radical (unpaired) electrons. The Balaban J connectivity index is 1.81. The van der Waals surface area contributed by atoms with Crippen molar-refractivity contribution in [3.8, 4) is 11.3 Å². The fourth-order valence-corrected chi connectivity index (χ4v) is 3.79. The fraction of sp³-hybridized carbons (Fsp3) is 0.227. The maximum Gasteiger partial charge on any atom is 0.278 e. The van der Waals surface area contributed by atoms with Crippen molar-refractivity contribution in [2.24, 2.45) is 0 Å². The van der Waals surface area contributed by atoms with Crippen LogP contribution in [0.2, 0.25) is 0 Å². The lowest BCUT2D eigenvalue weighted by molar-refractivity contribution is -0.115. The van der Waals surface area contributed by atoms with Gasteiger partial charge in [0.2, 0.25) is 11.8 Å². The van der Waals surface area contributed by atoms with Crippen LogP contribution in [0, 0.1) is 19.7 Å². The van der Waals surface area contributed by atoms with Crippen LogP contribution in [0.3, 0.4) is 0 Å². The van der Waals surface area contributed by atoms with Gasteiger partial charge >= 0.3 is 0 Å². The van der Waals surface area contributed by atoms with E-state index < -0.39 is 16.6 Å². The molecule has 1 heterocycles. The number of H-pyrrole nitrogens is 1. The summed E-state index contributed by atoms with van der Waals surface area (Å²) in [6.07, 6.45) is 0. The first-order valence-corrected chi connectivity index (χ1v) is 10.6. The number of aromatic amines is 1. The molecule has 0 aliphatic carbocycles. The van der Waals surface area contributed by atoms with Crippen LogP contribution in [-0.2, 0) is 9.59 Å². The van der Waals surface area contributed by atoms with E-state index in [1.54, 1.807) is 13.0 Å². The summed E-state index contributed by atoms with van der Waals surface area (Å²) in [5, 5.41) is 13.1. The van der Waals surface area contributed by atoms with Crippen LogP contribution < -0.4 is 16.2 Å². The smallest absolute Gasteiger partial charge is 0.278 e. The maximum absolute atomic E-state index is 13.0. The summed E-state index contributed by atoms with van der Waals surface area (Å²) < 4.78 is 13.0. The van der Waals surface area contributed by atoms with Gasteiger partial charge in [-0.3, -0.25) is 19.4 Å². The number of carbonyl (C=O) groups excluding carboxylic acids is 2. The summed E-state index contributed by atoms with van der Waals surface area (Å²) >= 11 is 1.03. The predicted molar refractivity (Wildman–Crippen MR) is 122 cm³/mol. The summed E-state index contributed by atoms with van der Waals surface area (Å²) in [6, 6.07) is 9.05. The first-order valence-electron chi connectivity index (χ1n) is 9.73. The normalized spacial score (nSPS) is 11.7. The largest absolute Gasteiger partial charge is 0.325 e. The molecule has 0 unspecified atom stereocenters. The number of nitrogens with zero attached hydrogens (tertiary/aromatic N) is 2. The van der Waals surface area contributed by atoms with E-state index in [0.717, 1.165) is 22.9 Å². The highest BCUT2D eigenvalue weighted by Gasteiger charge is 2.19. The maximum atomic E-state index is 13.0. The Morgan fingerprint density at radius 3 is 2.41 bits per heavy atom. The number of rotatable bonds is 6.